The zero-order chi connectivity index (χ0) is 14.3. The van der Waals surface area contributed by atoms with Gasteiger partial charge in [0.1, 0.15) is 5.75 Å². The molecule has 19 heavy (non-hydrogen) atoms. The van der Waals surface area contributed by atoms with Crippen molar-refractivity contribution in [3.63, 3.8) is 0 Å². The summed E-state index contributed by atoms with van der Waals surface area (Å²) in [6.07, 6.45) is 3.62. The summed E-state index contributed by atoms with van der Waals surface area (Å²) in [4.78, 5) is 22.1. The normalized spacial score (nSPS) is 10.3. The number of carbonyl (C=O) groups excluding carboxylic acids is 2. The van der Waals surface area contributed by atoms with Crippen molar-refractivity contribution in [1.82, 2.24) is 5.32 Å². The summed E-state index contributed by atoms with van der Waals surface area (Å²) in [7, 11) is 2.86. The molecule has 1 aromatic rings. The first-order valence-electron chi connectivity index (χ1n) is 5.75. The molecular formula is C14H17NO4. The Morgan fingerprint density at radius 1 is 1.32 bits per heavy atom. The maximum atomic E-state index is 11.4. The van der Waals surface area contributed by atoms with E-state index in [2.05, 4.69) is 10.1 Å². The summed E-state index contributed by atoms with van der Waals surface area (Å²) in [6.45, 7) is 1.90. The second kappa shape index (κ2) is 7.20. The van der Waals surface area contributed by atoms with Gasteiger partial charge in [-0.15, -0.1) is 0 Å². The molecular weight excluding hydrogens is 246 g/mol. The van der Waals surface area contributed by atoms with Crippen molar-refractivity contribution >= 4 is 18.0 Å². The largest absolute Gasteiger partial charge is 0.496 e. The van der Waals surface area contributed by atoms with Crippen LogP contribution in [-0.2, 0) is 9.53 Å². The molecule has 0 radical (unpaired) electrons. The van der Waals surface area contributed by atoms with Crippen molar-refractivity contribution < 1.29 is 19.1 Å². The first kappa shape index (κ1) is 14.8. The highest BCUT2D eigenvalue weighted by Gasteiger charge is 2.08. The van der Waals surface area contributed by atoms with Crippen LogP contribution in [0.2, 0.25) is 0 Å². The molecule has 0 aliphatic heterocycles. The quantitative estimate of drug-likeness (QED) is 0.820. The van der Waals surface area contributed by atoms with Crippen LogP contribution in [0.1, 0.15) is 22.8 Å². The number of hydrogen-bond acceptors (Lipinski definition) is 4. The summed E-state index contributed by atoms with van der Waals surface area (Å²) < 4.78 is 9.85. The predicted molar refractivity (Wildman–Crippen MR) is 72.1 cm³/mol. The van der Waals surface area contributed by atoms with Crippen LogP contribution < -0.4 is 10.1 Å². The zero-order valence-corrected chi connectivity index (χ0v) is 11.2. The fraction of sp³-hybridized carbons (Fsp3) is 0.286. The van der Waals surface area contributed by atoms with Crippen LogP contribution in [-0.4, -0.2) is 32.6 Å². The summed E-state index contributed by atoms with van der Waals surface area (Å²) in [5.41, 5.74) is 1.25. The molecule has 0 saturated heterocycles. The summed E-state index contributed by atoms with van der Waals surface area (Å²) in [6, 6.07) is 5.03. The molecule has 0 saturated carbocycles. The van der Waals surface area contributed by atoms with E-state index in [0.717, 1.165) is 5.56 Å². The third-order valence-electron chi connectivity index (χ3n) is 2.42. The van der Waals surface area contributed by atoms with Crippen molar-refractivity contribution in [3.8, 4) is 5.75 Å². The van der Waals surface area contributed by atoms with E-state index in [-0.39, 0.29) is 5.91 Å². The van der Waals surface area contributed by atoms with Crippen LogP contribution in [0.5, 0.6) is 5.75 Å². The Morgan fingerprint density at radius 2 is 2.05 bits per heavy atom. The molecule has 0 unspecified atom stereocenters. The average molecular weight is 263 g/mol. The first-order valence-corrected chi connectivity index (χ1v) is 5.75. The minimum absolute atomic E-state index is 0.0855. The SMILES string of the molecule is COC(=O)c1ccc(C=CCNC(C)=O)c(OC)c1. The third-order valence-corrected chi connectivity index (χ3v) is 2.42. The number of methoxy groups -OCH3 is 2. The van der Waals surface area contributed by atoms with Gasteiger partial charge in [0.2, 0.25) is 5.91 Å². The van der Waals surface area contributed by atoms with Crippen LogP contribution >= 0.6 is 0 Å². The van der Waals surface area contributed by atoms with Gasteiger partial charge in [-0.25, -0.2) is 4.79 Å². The van der Waals surface area contributed by atoms with Crippen LogP contribution in [0.3, 0.4) is 0 Å². The van der Waals surface area contributed by atoms with Gasteiger partial charge in [0.25, 0.3) is 0 Å². The van der Waals surface area contributed by atoms with Gasteiger partial charge in [-0.1, -0.05) is 18.2 Å². The van der Waals surface area contributed by atoms with E-state index in [9.17, 15) is 9.59 Å². The smallest absolute Gasteiger partial charge is 0.337 e. The van der Waals surface area contributed by atoms with Gasteiger partial charge in [-0.2, -0.15) is 0 Å². The molecule has 0 heterocycles. The molecule has 0 atom stereocenters. The standard InChI is InChI=1S/C14H17NO4/c1-10(16)15-8-4-5-11-6-7-12(14(17)19-3)9-13(11)18-2/h4-7,9H,8H2,1-3H3,(H,15,16). The first-order chi connectivity index (χ1) is 9.08. The fourth-order valence-electron chi connectivity index (χ4n) is 1.48. The van der Waals surface area contributed by atoms with Crippen molar-refractivity contribution in [2.75, 3.05) is 20.8 Å². The number of esters is 1. The Kier molecular flexibility index (Phi) is 5.60. The lowest BCUT2D eigenvalue weighted by molar-refractivity contribution is -0.118. The third kappa shape index (κ3) is 4.46. The molecule has 0 bridgehead atoms. The second-order valence-corrected chi connectivity index (χ2v) is 3.79. The highest BCUT2D eigenvalue weighted by molar-refractivity contribution is 5.90. The van der Waals surface area contributed by atoms with Crippen molar-refractivity contribution in [1.29, 1.82) is 0 Å². The van der Waals surface area contributed by atoms with Crippen molar-refractivity contribution in [3.05, 3.63) is 35.4 Å². The molecule has 0 spiro atoms. The number of carbonyl (C=O) groups is 2. The van der Waals surface area contributed by atoms with Gasteiger partial charge in [0.15, 0.2) is 0 Å². The van der Waals surface area contributed by atoms with E-state index in [1.54, 1.807) is 24.3 Å². The monoisotopic (exact) mass is 263 g/mol. The number of ether oxygens (including phenoxy) is 2. The van der Waals surface area contributed by atoms with Crippen molar-refractivity contribution in [2.45, 2.75) is 6.92 Å². The topological polar surface area (TPSA) is 64.6 Å². The van der Waals surface area contributed by atoms with Gasteiger partial charge in [-0.3, -0.25) is 4.79 Å². The molecule has 102 valence electrons. The van der Waals surface area contributed by atoms with Crippen LogP contribution in [0.15, 0.2) is 24.3 Å². The Morgan fingerprint density at radius 3 is 2.63 bits per heavy atom. The molecule has 1 amide bonds. The molecule has 0 aliphatic carbocycles. The number of benzene rings is 1. The lowest BCUT2D eigenvalue weighted by Crippen LogP contribution is -2.19. The molecule has 0 aromatic heterocycles. The Hall–Kier alpha value is -2.30. The zero-order valence-electron chi connectivity index (χ0n) is 11.2. The maximum absolute atomic E-state index is 11.4. The van der Waals surface area contributed by atoms with E-state index in [0.29, 0.717) is 17.9 Å². The molecule has 5 nitrogen and oxygen atoms in total. The summed E-state index contributed by atoms with van der Waals surface area (Å²) in [5.74, 6) is 0.0757. The lowest BCUT2D eigenvalue weighted by atomic mass is 10.1. The minimum Gasteiger partial charge on any atom is -0.496 e. The summed E-state index contributed by atoms with van der Waals surface area (Å²) in [5, 5.41) is 2.65. The number of hydrogen-bond donors (Lipinski definition) is 1. The number of nitrogens with one attached hydrogen (secondary N) is 1. The van der Waals surface area contributed by atoms with Gasteiger partial charge < -0.3 is 14.8 Å². The van der Waals surface area contributed by atoms with Crippen LogP contribution in [0, 0.1) is 0 Å². The van der Waals surface area contributed by atoms with E-state index in [4.69, 9.17) is 4.74 Å². The molecule has 1 rings (SSSR count). The van der Waals surface area contributed by atoms with Crippen LogP contribution in [0.4, 0.5) is 0 Å². The van der Waals surface area contributed by atoms with Gasteiger partial charge in [0, 0.05) is 19.0 Å². The Labute approximate surface area is 112 Å². The fourth-order valence-corrected chi connectivity index (χ4v) is 1.48. The van der Waals surface area contributed by atoms with E-state index < -0.39 is 5.97 Å². The van der Waals surface area contributed by atoms with E-state index in [1.807, 2.05) is 6.08 Å². The Balaban J connectivity index is 2.84. The molecule has 0 fully saturated rings. The molecule has 1 aromatic carbocycles. The number of rotatable bonds is 5. The average Bonchev–Trinajstić information content (AvgIpc) is 2.42. The molecule has 0 aliphatic rings. The van der Waals surface area contributed by atoms with Crippen molar-refractivity contribution in [2.24, 2.45) is 0 Å². The predicted octanol–water partition coefficient (Wildman–Crippen LogP) is 1.63. The minimum atomic E-state index is -0.410. The van der Waals surface area contributed by atoms with E-state index >= 15 is 0 Å². The number of amides is 1. The van der Waals surface area contributed by atoms with Gasteiger partial charge >= 0.3 is 5.97 Å². The highest BCUT2D eigenvalue weighted by atomic mass is 16.5. The molecule has 1 N–H and O–H groups in total. The highest BCUT2D eigenvalue weighted by Crippen LogP contribution is 2.21. The summed E-state index contributed by atoms with van der Waals surface area (Å²) >= 11 is 0. The van der Waals surface area contributed by atoms with E-state index in [1.165, 1.54) is 21.1 Å². The maximum Gasteiger partial charge on any atom is 0.337 e. The molecule has 5 heteroatoms. The second-order valence-electron chi connectivity index (χ2n) is 3.79. The Bertz CT molecular complexity index is 494. The van der Waals surface area contributed by atoms with Gasteiger partial charge in [0.05, 0.1) is 19.8 Å². The van der Waals surface area contributed by atoms with Gasteiger partial charge in [-0.05, 0) is 12.1 Å². The lowest BCUT2D eigenvalue weighted by Gasteiger charge is -2.07. The van der Waals surface area contributed by atoms with Crippen LogP contribution in [0.25, 0.3) is 6.08 Å².